The molecule has 1 aliphatic heterocycles. The van der Waals surface area contributed by atoms with Crippen LogP contribution in [0.15, 0.2) is 42.0 Å². The van der Waals surface area contributed by atoms with Crippen molar-refractivity contribution in [2.45, 2.75) is 105 Å². The summed E-state index contributed by atoms with van der Waals surface area (Å²) in [5.74, 6) is -1.21. The van der Waals surface area contributed by atoms with E-state index in [0.29, 0.717) is 5.57 Å². The Bertz CT molecular complexity index is 1100. The number of likely N-dealkylation sites (N-methyl/N-ethyl adjacent to an activating group) is 1. The highest BCUT2D eigenvalue weighted by Crippen LogP contribution is 2.22. The molecule has 1 aliphatic rings. The van der Waals surface area contributed by atoms with Gasteiger partial charge < -0.3 is 19.9 Å². The molecule has 1 saturated heterocycles. The fourth-order valence-corrected chi connectivity index (χ4v) is 5.68. The topological polar surface area (TPSA) is 99.3 Å². The molecule has 9 nitrogen and oxygen atoms in total. The van der Waals surface area contributed by atoms with Crippen LogP contribution in [-0.4, -0.2) is 89.3 Å². The van der Waals surface area contributed by atoms with Crippen molar-refractivity contribution >= 4 is 23.7 Å². The van der Waals surface area contributed by atoms with Gasteiger partial charge in [0.25, 0.3) is 0 Å². The van der Waals surface area contributed by atoms with Crippen molar-refractivity contribution in [1.29, 1.82) is 0 Å². The van der Waals surface area contributed by atoms with E-state index in [1.54, 1.807) is 31.9 Å². The van der Waals surface area contributed by atoms with Crippen molar-refractivity contribution < 1.29 is 23.9 Å². The summed E-state index contributed by atoms with van der Waals surface area (Å²) < 4.78 is 5.13. The lowest BCUT2D eigenvalue weighted by Gasteiger charge is -2.39. The molecule has 0 radical (unpaired) electrons. The number of carbonyl (C=O) groups is 4. The first kappa shape index (κ1) is 36.0. The van der Waals surface area contributed by atoms with Crippen LogP contribution in [0.4, 0.5) is 0 Å². The molecular formula is C34H54N4O5. The van der Waals surface area contributed by atoms with Crippen LogP contribution in [0.5, 0.6) is 0 Å². The minimum atomic E-state index is -0.697. The first-order valence-electron chi connectivity index (χ1n) is 15.8. The summed E-state index contributed by atoms with van der Waals surface area (Å²) in [6, 6.07) is 8.38. The van der Waals surface area contributed by atoms with Crippen LogP contribution in [0.1, 0.15) is 80.2 Å². The summed E-state index contributed by atoms with van der Waals surface area (Å²) in [5, 5.41) is 3.08. The largest absolute Gasteiger partial charge is 0.465 e. The van der Waals surface area contributed by atoms with Gasteiger partial charge in [0.1, 0.15) is 12.6 Å². The zero-order valence-electron chi connectivity index (χ0n) is 27.8. The molecule has 1 aromatic carbocycles. The molecule has 9 heteroatoms. The first-order chi connectivity index (χ1) is 20.3. The molecule has 43 heavy (non-hydrogen) atoms. The number of nitrogens with zero attached hydrogens (tertiary/aromatic N) is 3. The van der Waals surface area contributed by atoms with Crippen LogP contribution in [0, 0.1) is 11.8 Å². The minimum Gasteiger partial charge on any atom is -0.465 e. The average molecular weight is 599 g/mol. The number of esters is 1. The van der Waals surface area contributed by atoms with Crippen LogP contribution < -0.4 is 5.32 Å². The summed E-state index contributed by atoms with van der Waals surface area (Å²) in [5.41, 5.74) is 1.32. The number of benzene rings is 1. The highest BCUT2D eigenvalue weighted by molar-refractivity contribution is 5.95. The van der Waals surface area contributed by atoms with Crippen molar-refractivity contribution in [3.63, 3.8) is 0 Å². The quantitative estimate of drug-likeness (QED) is 0.252. The third-order valence-corrected chi connectivity index (χ3v) is 8.11. The summed E-state index contributed by atoms with van der Waals surface area (Å²) in [7, 11) is 1.73. The minimum absolute atomic E-state index is 0.0115. The lowest BCUT2D eigenvalue weighted by atomic mass is 9.95. The van der Waals surface area contributed by atoms with E-state index in [0.717, 1.165) is 31.4 Å². The molecule has 240 valence electrons. The van der Waals surface area contributed by atoms with Gasteiger partial charge in [-0.1, -0.05) is 70.5 Å². The molecular weight excluding hydrogens is 544 g/mol. The zero-order chi connectivity index (χ0) is 32.3. The number of piperidine rings is 1. The molecule has 0 aliphatic carbocycles. The van der Waals surface area contributed by atoms with Gasteiger partial charge in [-0.2, -0.15) is 0 Å². The van der Waals surface area contributed by atoms with E-state index in [1.165, 1.54) is 4.90 Å². The van der Waals surface area contributed by atoms with Crippen LogP contribution in [0.25, 0.3) is 0 Å². The Morgan fingerprint density at radius 1 is 1.02 bits per heavy atom. The van der Waals surface area contributed by atoms with Gasteiger partial charge in [0, 0.05) is 25.2 Å². The van der Waals surface area contributed by atoms with Crippen LogP contribution in [-0.2, 0) is 30.5 Å². The molecule has 1 N–H and O–H groups in total. The molecule has 0 spiro atoms. The fraction of sp³-hybridized carbons (Fsp3) is 0.647. The predicted octanol–water partition coefficient (Wildman–Crippen LogP) is 4.41. The van der Waals surface area contributed by atoms with E-state index >= 15 is 0 Å². The van der Waals surface area contributed by atoms with Gasteiger partial charge in [-0.15, -0.1) is 0 Å². The lowest BCUT2D eigenvalue weighted by Crippen LogP contribution is -2.58. The van der Waals surface area contributed by atoms with Gasteiger partial charge >= 0.3 is 5.97 Å². The molecule has 2 rings (SSSR count). The zero-order valence-corrected chi connectivity index (χ0v) is 27.8. The Morgan fingerprint density at radius 3 is 2.23 bits per heavy atom. The van der Waals surface area contributed by atoms with Crippen molar-refractivity contribution in [3.05, 3.63) is 47.5 Å². The second-order valence-electron chi connectivity index (χ2n) is 12.6. The first-order valence-corrected chi connectivity index (χ1v) is 15.8. The Hall–Kier alpha value is -3.20. The number of rotatable bonds is 14. The van der Waals surface area contributed by atoms with Crippen molar-refractivity contribution in [2.75, 3.05) is 26.7 Å². The number of hydrogen-bond acceptors (Lipinski definition) is 6. The smallest absolute Gasteiger partial charge is 0.325 e. The van der Waals surface area contributed by atoms with Gasteiger partial charge in [0.05, 0.1) is 18.7 Å². The number of likely N-dealkylation sites (tertiary alicyclic amines) is 1. The third-order valence-electron chi connectivity index (χ3n) is 8.11. The molecule has 1 aromatic rings. The Kier molecular flexibility index (Phi) is 14.4. The molecule has 0 bridgehead atoms. The maximum absolute atomic E-state index is 13.9. The molecule has 2 unspecified atom stereocenters. The van der Waals surface area contributed by atoms with E-state index in [4.69, 9.17) is 4.74 Å². The molecule has 0 aromatic heterocycles. The highest BCUT2D eigenvalue weighted by Gasteiger charge is 2.36. The molecule has 1 fully saturated rings. The van der Waals surface area contributed by atoms with E-state index in [2.05, 4.69) is 24.1 Å². The number of amides is 3. The van der Waals surface area contributed by atoms with E-state index < -0.39 is 18.1 Å². The SMILES string of the molecule is CCOC(=O)CN(Cc1ccccc1)C(=O)/C(C)=C/[C@H](C(C)C)N(C)C(=O)C(NC(=O)C1CCCCN1C(C)C)C(C)C. The molecule has 3 amide bonds. The van der Waals surface area contributed by atoms with Gasteiger partial charge in [-0.05, 0) is 64.5 Å². The maximum atomic E-state index is 13.9. The average Bonchev–Trinajstić information content (AvgIpc) is 2.97. The number of hydrogen-bond donors (Lipinski definition) is 1. The van der Waals surface area contributed by atoms with Crippen molar-refractivity contribution in [3.8, 4) is 0 Å². The van der Waals surface area contributed by atoms with Crippen LogP contribution in [0.3, 0.4) is 0 Å². The Balaban J connectivity index is 2.28. The molecule has 3 atom stereocenters. The summed E-state index contributed by atoms with van der Waals surface area (Å²) in [6.45, 7) is 16.7. The second-order valence-corrected chi connectivity index (χ2v) is 12.6. The van der Waals surface area contributed by atoms with Crippen molar-refractivity contribution in [2.24, 2.45) is 11.8 Å². The Labute approximate surface area is 259 Å². The van der Waals surface area contributed by atoms with E-state index in [1.807, 2.05) is 58.0 Å². The van der Waals surface area contributed by atoms with E-state index in [-0.39, 0.29) is 61.3 Å². The monoisotopic (exact) mass is 598 g/mol. The predicted molar refractivity (Wildman–Crippen MR) is 170 cm³/mol. The number of ether oxygens (including phenoxy) is 1. The summed E-state index contributed by atoms with van der Waals surface area (Å²) >= 11 is 0. The van der Waals surface area contributed by atoms with Crippen LogP contribution in [0.2, 0.25) is 0 Å². The van der Waals surface area contributed by atoms with Gasteiger partial charge in [-0.25, -0.2) is 0 Å². The summed E-state index contributed by atoms with van der Waals surface area (Å²) in [6.07, 6.45) is 4.64. The molecule has 0 saturated carbocycles. The molecule has 1 heterocycles. The van der Waals surface area contributed by atoms with Gasteiger partial charge in [0.2, 0.25) is 17.7 Å². The van der Waals surface area contributed by atoms with Crippen LogP contribution >= 0.6 is 0 Å². The second kappa shape index (κ2) is 17.2. The van der Waals surface area contributed by atoms with Gasteiger partial charge in [0.15, 0.2) is 0 Å². The van der Waals surface area contributed by atoms with Gasteiger partial charge in [-0.3, -0.25) is 24.1 Å². The number of nitrogens with one attached hydrogen (secondary N) is 1. The van der Waals surface area contributed by atoms with E-state index in [9.17, 15) is 19.2 Å². The Morgan fingerprint density at radius 2 is 1.67 bits per heavy atom. The standard InChI is InChI=1S/C34H54N4O5/c1-10-43-30(39)22-37(21-27-16-12-11-13-17-27)33(41)26(8)20-29(23(2)3)36(9)34(42)31(24(4)5)35-32(40)28-18-14-15-19-38(28)25(6)7/h11-13,16-17,20,23-25,28-29,31H,10,14-15,18-19,21-22H2,1-9H3,(H,35,40)/b26-20+/t28?,29-,31?/m1/s1. The third kappa shape index (κ3) is 10.5. The normalized spacial score (nSPS) is 17.5. The summed E-state index contributed by atoms with van der Waals surface area (Å²) in [4.78, 5) is 58.8. The highest BCUT2D eigenvalue weighted by atomic mass is 16.5. The fourth-order valence-electron chi connectivity index (χ4n) is 5.68. The number of carbonyl (C=O) groups excluding carboxylic acids is 4. The lowest BCUT2D eigenvalue weighted by molar-refractivity contribution is -0.148. The van der Waals surface area contributed by atoms with Crippen molar-refractivity contribution in [1.82, 2.24) is 20.0 Å². The maximum Gasteiger partial charge on any atom is 0.325 e.